The van der Waals surface area contributed by atoms with E-state index in [9.17, 15) is 9.59 Å². The zero-order valence-corrected chi connectivity index (χ0v) is 8.78. The van der Waals surface area contributed by atoms with Gasteiger partial charge in [0.2, 0.25) is 11.2 Å². The van der Waals surface area contributed by atoms with E-state index in [1.165, 1.54) is 11.1 Å². The van der Waals surface area contributed by atoms with Crippen molar-refractivity contribution in [2.24, 2.45) is 0 Å². The van der Waals surface area contributed by atoms with Crippen molar-refractivity contribution in [3.05, 3.63) is 17.2 Å². The third kappa shape index (κ3) is 1.83. The van der Waals surface area contributed by atoms with Crippen LogP contribution in [-0.2, 0) is 9.59 Å². The molecular formula is C9H8ClN3O2. The number of ketones is 1. The molecule has 78 valence electrons. The van der Waals surface area contributed by atoms with Crippen LogP contribution >= 0.6 is 11.6 Å². The smallest absolute Gasteiger partial charge is 0.235 e. The fourth-order valence-corrected chi connectivity index (χ4v) is 1.68. The maximum Gasteiger partial charge on any atom is 0.235 e. The highest BCUT2D eigenvalue weighted by Gasteiger charge is 2.29. The number of anilines is 1. The number of hydrogen-bond acceptors (Lipinski definition) is 4. The van der Waals surface area contributed by atoms with Crippen molar-refractivity contribution in [3.63, 3.8) is 0 Å². The topological polar surface area (TPSA) is 63.2 Å². The van der Waals surface area contributed by atoms with Gasteiger partial charge in [-0.15, -0.1) is 0 Å². The molecule has 0 spiro atoms. The van der Waals surface area contributed by atoms with Crippen LogP contribution in [0.25, 0.3) is 0 Å². The second kappa shape index (κ2) is 3.58. The van der Waals surface area contributed by atoms with Crippen molar-refractivity contribution >= 4 is 29.0 Å². The Morgan fingerprint density at radius 1 is 1.47 bits per heavy atom. The van der Waals surface area contributed by atoms with Crippen molar-refractivity contribution in [1.82, 2.24) is 9.97 Å². The number of aryl methyl sites for hydroxylation is 1. The quantitative estimate of drug-likeness (QED) is 0.523. The van der Waals surface area contributed by atoms with Gasteiger partial charge >= 0.3 is 0 Å². The van der Waals surface area contributed by atoms with Crippen LogP contribution in [0, 0.1) is 6.92 Å². The predicted octanol–water partition coefficient (Wildman–Crippen LogP) is 0.744. The molecule has 0 atom stereocenters. The molecule has 1 amide bonds. The third-order valence-electron chi connectivity index (χ3n) is 2.20. The van der Waals surface area contributed by atoms with Gasteiger partial charge in [-0.05, 0) is 18.5 Å². The van der Waals surface area contributed by atoms with E-state index >= 15 is 0 Å². The molecule has 15 heavy (non-hydrogen) atoms. The molecule has 1 aromatic heterocycles. The number of carbonyl (C=O) groups is 2. The predicted molar refractivity (Wildman–Crippen MR) is 53.8 cm³/mol. The van der Waals surface area contributed by atoms with Crippen LogP contribution in [-0.4, -0.2) is 28.2 Å². The van der Waals surface area contributed by atoms with Crippen LogP contribution in [0.3, 0.4) is 0 Å². The molecule has 6 heteroatoms. The Hall–Kier alpha value is -1.49. The van der Waals surface area contributed by atoms with Crippen molar-refractivity contribution in [1.29, 1.82) is 0 Å². The highest BCUT2D eigenvalue weighted by Crippen LogP contribution is 2.22. The van der Waals surface area contributed by atoms with Gasteiger partial charge in [-0.3, -0.25) is 9.59 Å². The first-order valence-corrected chi connectivity index (χ1v) is 4.77. The SMILES string of the molecule is Cc1nc(Cl)ncc1N1CC(=O)CC1=O. The van der Waals surface area contributed by atoms with Gasteiger partial charge in [0.1, 0.15) is 0 Å². The molecule has 1 aromatic rings. The van der Waals surface area contributed by atoms with Crippen molar-refractivity contribution in [2.45, 2.75) is 13.3 Å². The standard InChI is InChI=1S/C9H8ClN3O2/c1-5-7(3-11-9(10)12-5)13-4-6(14)2-8(13)15/h3H,2,4H2,1H3. The van der Waals surface area contributed by atoms with Gasteiger partial charge in [0.05, 0.1) is 30.5 Å². The van der Waals surface area contributed by atoms with Gasteiger partial charge in [-0.2, -0.15) is 0 Å². The van der Waals surface area contributed by atoms with E-state index in [0.717, 1.165) is 0 Å². The van der Waals surface area contributed by atoms with Gasteiger partial charge in [-0.1, -0.05) is 0 Å². The summed E-state index contributed by atoms with van der Waals surface area (Å²) in [7, 11) is 0. The summed E-state index contributed by atoms with van der Waals surface area (Å²) in [5.74, 6) is -0.302. The minimum Gasteiger partial charge on any atom is -0.301 e. The normalized spacial score (nSPS) is 16.3. The molecule has 1 aliphatic heterocycles. The highest BCUT2D eigenvalue weighted by atomic mass is 35.5. The van der Waals surface area contributed by atoms with E-state index in [-0.39, 0.29) is 29.9 Å². The lowest BCUT2D eigenvalue weighted by Crippen LogP contribution is -2.25. The largest absolute Gasteiger partial charge is 0.301 e. The Kier molecular flexibility index (Phi) is 2.40. The summed E-state index contributed by atoms with van der Waals surface area (Å²) in [5.41, 5.74) is 1.15. The molecule has 2 heterocycles. The Balaban J connectivity index is 2.38. The molecule has 0 saturated carbocycles. The Morgan fingerprint density at radius 2 is 2.20 bits per heavy atom. The number of amides is 1. The molecule has 5 nitrogen and oxygen atoms in total. The second-order valence-corrected chi connectivity index (χ2v) is 3.64. The number of carbonyl (C=O) groups excluding carboxylic acids is 2. The van der Waals surface area contributed by atoms with Crippen LogP contribution in [0.4, 0.5) is 5.69 Å². The maximum atomic E-state index is 11.4. The van der Waals surface area contributed by atoms with Gasteiger partial charge in [0, 0.05) is 0 Å². The molecule has 0 N–H and O–H groups in total. The van der Waals surface area contributed by atoms with Crippen LogP contribution in [0.15, 0.2) is 6.20 Å². The molecule has 1 aliphatic rings. The first-order valence-electron chi connectivity index (χ1n) is 4.39. The van der Waals surface area contributed by atoms with Crippen LogP contribution in [0.1, 0.15) is 12.1 Å². The minimum atomic E-state index is -0.214. The monoisotopic (exact) mass is 225 g/mol. The molecule has 1 saturated heterocycles. The van der Waals surface area contributed by atoms with Gasteiger partial charge in [0.15, 0.2) is 5.78 Å². The minimum absolute atomic E-state index is 0.0396. The molecule has 2 rings (SSSR count). The van der Waals surface area contributed by atoms with Gasteiger partial charge in [-0.25, -0.2) is 9.97 Å². The Labute approximate surface area is 91.1 Å². The number of hydrogen-bond donors (Lipinski definition) is 0. The van der Waals surface area contributed by atoms with Gasteiger partial charge in [0.25, 0.3) is 0 Å². The first kappa shape index (κ1) is 10.0. The number of nitrogens with zero attached hydrogens (tertiary/aromatic N) is 3. The highest BCUT2D eigenvalue weighted by molar-refractivity contribution is 6.28. The second-order valence-electron chi connectivity index (χ2n) is 3.31. The lowest BCUT2D eigenvalue weighted by atomic mass is 10.3. The summed E-state index contributed by atoms with van der Waals surface area (Å²) >= 11 is 5.60. The number of halogens is 1. The van der Waals surface area contributed by atoms with E-state index in [1.807, 2.05) is 0 Å². The zero-order valence-electron chi connectivity index (χ0n) is 8.03. The zero-order chi connectivity index (χ0) is 11.0. The van der Waals surface area contributed by atoms with Crippen LogP contribution < -0.4 is 4.90 Å². The van der Waals surface area contributed by atoms with E-state index in [4.69, 9.17) is 11.6 Å². The molecule has 0 radical (unpaired) electrons. The van der Waals surface area contributed by atoms with E-state index < -0.39 is 0 Å². The number of rotatable bonds is 1. The summed E-state index contributed by atoms with van der Waals surface area (Å²) in [6.45, 7) is 1.82. The summed E-state index contributed by atoms with van der Waals surface area (Å²) in [6.07, 6.45) is 1.42. The Morgan fingerprint density at radius 3 is 2.73 bits per heavy atom. The Bertz CT molecular complexity index is 447. The number of aromatic nitrogens is 2. The molecule has 0 bridgehead atoms. The summed E-state index contributed by atoms with van der Waals surface area (Å²) < 4.78 is 0. The summed E-state index contributed by atoms with van der Waals surface area (Å²) in [4.78, 5) is 31.6. The first-order chi connectivity index (χ1) is 7.08. The number of Topliss-reactive ketones (excluding diaryl/α,β-unsaturated/α-hetero) is 1. The molecular weight excluding hydrogens is 218 g/mol. The van der Waals surface area contributed by atoms with E-state index in [0.29, 0.717) is 11.4 Å². The van der Waals surface area contributed by atoms with Crippen LogP contribution in [0.5, 0.6) is 0 Å². The van der Waals surface area contributed by atoms with Crippen LogP contribution in [0.2, 0.25) is 5.28 Å². The average molecular weight is 226 g/mol. The maximum absolute atomic E-state index is 11.4. The molecule has 1 fully saturated rings. The van der Waals surface area contributed by atoms with E-state index in [1.54, 1.807) is 6.92 Å². The summed E-state index contributed by atoms with van der Waals surface area (Å²) in [5, 5.41) is 0.134. The molecule has 0 unspecified atom stereocenters. The fraction of sp³-hybridized carbons (Fsp3) is 0.333. The summed E-state index contributed by atoms with van der Waals surface area (Å²) in [6, 6.07) is 0. The van der Waals surface area contributed by atoms with Crippen molar-refractivity contribution < 1.29 is 9.59 Å². The lowest BCUT2D eigenvalue weighted by Gasteiger charge is -2.15. The van der Waals surface area contributed by atoms with E-state index in [2.05, 4.69) is 9.97 Å². The lowest BCUT2D eigenvalue weighted by molar-refractivity contribution is -0.121. The van der Waals surface area contributed by atoms with Crippen molar-refractivity contribution in [3.8, 4) is 0 Å². The average Bonchev–Trinajstić information content (AvgIpc) is 2.45. The molecule has 0 aliphatic carbocycles. The third-order valence-corrected chi connectivity index (χ3v) is 2.38. The molecule has 0 aromatic carbocycles. The van der Waals surface area contributed by atoms with Gasteiger partial charge < -0.3 is 4.90 Å². The van der Waals surface area contributed by atoms with Crippen molar-refractivity contribution in [2.75, 3.05) is 11.4 Å². The fourth-order valence-electron chi connectivity index (χ4n) is 1.50.